The van der Waals surface area contributed by atoms with Crippen molar-refractivity contribution in [2.24, 2.45) is 5.92 Å². The molecule has 0 saturated carbocycles. The van der Waals surface area contributed by atoms with Gasteiger partial charge in [0.05, 0.1) is 11.0 Å². The van der Waals surface area contributed by atoms with Gasteiger partial charge in [-0.05, 0) is 42.5 Å². The number of halogens is 1. The van der Waals surface area contributed by atoms with Crippen molar-refractivity contribution in [3.63, 3.8) is 0 Å². The number of nitro groups is 1. The molecule has 5 rings (SSSR count). The minimum absolute atomic E-state index is 0.00598. The van der Waals surface area contributed by atoms with E-state index in [1.807, 2.05) is 36.4 Å². The smallest absolute Gasteiger partial charge is 0.269 e. The van der Waals surface area contributed by atoms with Crippen LogP contribution in [0.15, 0.2) is 84.9 Å². The lowest BCUT2D eigenvalue weighted by molar-refractivity contribution is -0.384. The molecule has 1 unspecified atom stereocenters. The molecule has 3 atom stereocenters. The minimum atomic E-state index is -1.17. The van der Waals surface area contributed by atoms with Crippen molar-refractivity contribution in [3.8, 4) is 0 Å². The summed E-state index contributed by atoms with van der Waals surface area (Å²) in [5.74, 6) is 0.331. The van der Waals surface area contributed by atoms with Gasteiger partial charge in [-0.2, -0.15) is 0 Å². The first-order chi connectivity index (χ1) is 16.9. The van der Waals surface area contributed by atoms with Crippen molar-refractivity contribution in [2.45, 2.75) is 38.1 Å². The normalized spacial score (nSPS) is 23.4. The van der Waals surface area contributed by atoms with Gasteiger partial charge in [-0.25, -0.2) is 0 Å². The van der Waals surface area contributed by atoms with E-state index in [4.69, 9.17) is 16.3 Å². The summed E-state index contributed by atoms with van der Waals surface area (Å²) in [6.07, 6.45) is 5.90. The maximum atomic E-state index is 13.8. The Morgan fingerprint density at radius 1 is 1.03 bits per heavy atom. The van der Waals surface area contributed by atoms with Gasteiger partial charge in [0.2, 0.25) is 0 Å². The lowest BCUT2D eigenvalue weighted by Crippen LogP contribution is -2.48. The predicted octanol–water partition coefficient (Wildman–Crippen LogP) is 6.48. The molecule has 1 heterocycles. The summed E-state index contributed by atoms with van der Waals surface area (Å²) in [4.78, 5) is 26.2. The molecule has 0 fully saturated rings. The number of nitro benzene ring substituents is 1. The van der Waals surface area contributed by atoms with E-state index in [9.17, 15) is 14.9 Å². The summed E-state index contributed by atoms with van der Waals surface area (Å²) in [5, 5.41) is 11.7. The van der Waals surface area contributed by atoms with Gasteiger partial charge in [0.1, 0.15) is 0 Å². The second-order valence-corrected chi connectivity index (χ2v) is 9.54. The number of allylic oxidation sites excluding steroid dienone is 1. The monoisotopic (exact) mass is 488 g/mol. The zero-order chi connectivity index (χ0) is 24.6. The summed E-state index contributed by atoms with van der Waals surface area (Å²) in [6.45, 7) is 2.40. The molecule has 1 amide bonds. The number of carbonyl (C=O) groups excluding carboxylic acids is 1. The highest BCUT2D eigenvalue weighted by Gasteiger charge is 2.53. The Balaban J connectivity index is 1.65. The number of non-ortho nitro benzene ring substituents is 1. The van der Waals surface area contributed by atoms with Crippen LogP contribution in [0.25, 0.3) is 0 Å². The van der Waals surface area contributed by atoms with Crippen LogP contribution >= 0.6 is 11.6 Å². The van der Waals surface area contributed by atoms with Crippen LogP contribution in [0, 0.1) is 16.0 Å². The zero-order valence-electron chi connectivity index (χ0n) is 19.3. The van der Waals surface area contributed by atoms with Crippen molar-refractivity contribution in [1.82, 2.24) is 4.90 Å². The summed E-state index contributed by atoms with van der Waals surface area (Å²) >= 11 is 6.22. The van der Waals surface area contributed by atoms with E-state index in [1.165, 1.54) is 12.1 Å². The molecule has 2 aliphatic rings. The topological polar surface area (TPSA) is 72.7 Å². The number of benzene rings is 3. The number of hydrogen-bond donors (Lipinski definition) is 0. The largest absolute Gasteiger partial charge is 0.340 e. The van der Waals surface area contributed by atoms with E-state index < -0.39 is 10.6 Å². The van der Waals surface area contributed by atoms with Crippen molar-refractivity contribution < 1.29 is 14.5 Å². The average Bonchev–Trinajstić information content (AvgIpc) is 3.10. The Labute approximate surface area is 208 Å². The first kappa shape index (κ1) is 23.3. The fourth-order valence-corrected chi connectivity index (χ4v) is 5.05. The van der Waals surface area contributed by atoms with Crippen molar-refractivity contribution in [3.05, 3.63) is 122 Å². The number of carbonyl (C=O) groups is 1. The molecule has 0 radical (unpaired) electrons. The van der Waals surface area contributed by atoms with E-state index in [0.29, 0.717) is 16.5 Å². The van der Waals surface area contributed by atoms with Crippen LogP contribution in [0.4, 0.5) is 5.69 Å². The highest BCUT2D eigenvalue weighted by Crippen LogP contribution is 2.48. The number of fused-ring (bicyclic) bond motifs is 1. The molecule has 35 heavy (non-hydrogen) atoms. The maximum Gasteiger partial charge on any atom is 0.269 e. The van der Waals surface area contributed by atoms with Crippen molar-refractivity contribution in [1.29, 1.82) is 0 Å². The van der Waals surface area contributed by atoms with E-state index in [0.717, 1.165) is 29.5 Å². The van der Waals surface area contributed by atoms with Crippen LogP contribution in [0.1, 0.15) is 46.8 Å². The summed E-state index contributed by atoms with van der Waals surface area (Å²) in [6, 6.07) is 21.2. The first-order valence-electron chi connectivity index (χ1n) is 11.7. The van der Waals surface area contributed by atoms with Gasteiger partial charge in [0, 0.05) is 40.4 Å². The third kappa shape index (κ3) is 4.24. The molecule has 0 bridgehead atoms. The van der Waals surface area contributed by atoms with Gasteiger partial charge in [-0.3, -0.25) is 19.8 Å². The van der Waals surface area contributed by atoms with Gasteiger partial charge in [-0.1, -0.05) is 73.1 Å². The number of rotatable bonds is 6. The maximum absolute atomic E-state index is 13.8. The van der Waals surface area contributed by atoms with Crippen LogP contribution in [0.3, 0.4) is 0 Å². The van der Waals surface area contributed by atoms with Gasteiger partial charge in [0.15, 0.2) is 5.72 Å². The molecule has 6 nitrogen and oxygen atoms in total. The summed E-state index contributed by atoms with van der Waals surface area (Å²) in [7, 11) is 0. The Hall–Kier alpha value is -3.48. The quantitative estimate of drug-likeness (QED) is 0.226. The predicted molar refractivity (Wildman–Crippen MR) is 134 cm³/mol. The Morgan fingerprint density at radius 2 is 1.74 bits per heavy atom. The van der Waals surface area contributed by atoms with Crippen molar-refractivity contribution >= 4 is 23.2 Å². The number of amides is 1. The average molecular weight is 489 g/mol. The number of hydrogen-bond acceptors (Lipinski definition) is 4. The minimum Gasteiger partial charge on any atom is -0.340 e. The van der Waals surface area contributed by atoms with Crippen LogP contribution in [0.2, 0.25) is 5.02 Å². The number of ether oxygens (including phenoxy) is 1. The van der Waals surface area contributed by atoms with E-state index in [-0.39, 0.29) is 24.2 Å². The van der Waals surface area contributed by atoms with Gasteiger partial charge in [0.25, 0.3) is 11.6 Å². The summed E-state index contributed by atoms with van der Waals surface area (Å²) in [5.41, 5.74) is 1.76. The SMILES string of the molecule is C[C@@H]1C=C[C@@H](OC2(c3ccc(Cl)cc3)c3ccccc3C(=O)N2Cc2ccc([N+](=O)[O-])cc2)CC1. The Bertz CT molecular complexity index is 1290. The van der Waals surface area contributed by atoms with Crippen LogP contribution in [-0.2, 0) is 17.0 Å². The third-order valence-corrected chi connectivity index (χ3v) is 7.01. The molecule has 3 aromatic carbocycles. The van der Waals surface area contributed by atoms with Crippen LogP contribution < -0.4 is 0 Å². The van der Waals surface area contributed by atoms with Gasteiger partial charge >= 0.3 is 0 Å². The van der Waals surface area contributed by atoms with Gasteiger partial charge < -0.3 is 4.74 Å². The molecule has 1 aliphatic heterocycles. The molecule has 0 spiro atoms. The van der Waals surface area contributed by atoms with Crippen LogP contribution in [0.5, 0.6) is 0 Å². The van der Waals surface area contributed by atoms with Crippen LogP contribution in [-0.4, -0.2) is 21.8 Å². The fourth-order valence-electron chi connectivity index (χ4n) is 4.92. The van der Waals surface area contributed by atoms with E-state index >= 15 is 0 Å². The molecule has 0 aromatic heterocycles. The fraction of sp³-hybridized carbons (Fsp3) is 0.250. The van der Waals surface area contributed by atoms with E-state index in [1.54, 1.807) is 29.2 Å². The third-order valence-electron chi connectivity index (χ3n) is 6.75. The molecule has 7 heteroatoms. The second kappa shape index (κ2) is 9.29. The molecule has 0 N–H and O–H groups in total. The molecular formula is C28H25ClN2O4. The molecule has 178 valence electrons. The van der Waals surface area contributed by atoms with E-state index in [2.05, 4.69) is 19.1 Å². The molecule has 0 saturated heterocycles. The first-order valence-corrected chi connectivity index (χ1v) is 12.0. The zero-order valence-corrected chi connectivity index (χ0v) is 20.0. The second-order valence-electron chi connectivity index (χ2n) is 9.11. The van der Waals surface area contributed by atoms with Gasteiger partial charge in [-0.15, -0.1) is 0 Å². The highest BCUT2D eigenvalue weighted by atomic mass is 35.5. The standard InChI is InChI=1S/C28H25ClN2O4/c1-19-6-16-24(17-7-19)35-28(21-10-12-22(29)13-11-21)26-5-3-2-4-25(26)27(32)30(28)18-20-8-14-23(15-9-20)31(33)34/h2-6,8-16,19,24H,7,17-18H2,1H3/t19-,24-,28?/m1/s1. The molecule has 1 aliphatic carbocycles. The molecular weight excluding hydrogens is 464 g/mol. The lowest BCUT2D eigenvalue weighted by atomic mass is 9.91. The highest BCUT2D eigenvalue weighted by molar-refractivity contribution is 6.30. The molecule has 3 aromatic rings. The summed E-state index contributed by atoms with van der Waals surface area (Å²) < 4.78 is 6.92. The lowest BCUT2D eigenvalue weighted by Gasteiger charge is -2.42. The Kier molecular flexibility index (Phi) is 6.17. The number of nitrogens with zero attached hydrogens (tertiary/aromatic N) is 2. The Morgan fingerprint density at radius 3 is 2.40 bits per heavy atom. The van der Waals surface area contributed by atoms with Crippen molar-refractivity contribution in [2.75, 3.05) is 0 Å².